The summed E-state index contributed by atoms with van der Waals surface area (Å²) in [5.41, 5.74) is 8.41. The first-order chi connectivity index (χ1) is 7.63. The Kier molecular flexibility index (Phi) is 2.97. The van der Waals surface area contributed by atoms with Crippen molar-refractivity contribution in [3.8, 4) is 0 Å². The van der Waals surface area contributed by atoms with Gasteiger partial charge in [-0.05, 0) is 5.53 Å². The maximum Gasteiger partial charge on any atom is 0.303 e. The Bertz CT molecular complexity index is 343. The zero-order valence-corrected chi connectivity index (χ0v) is 8.52. The van der Waals surface area contributed by atoms with Gasteiger partial charge in [0.25, 0.3) is 0 Å². The molecule has 0 aliphatic carbocycles. The maximum atomic E-state index is 10.9. The highest BCUT2D eigenvalue weighted by atomic mass is 16.7. The van der Waals surface area contributed by atoms with Gasteiger partial charge in [0.2, 0.25) is 0 Å². The lowest BCUT2D eigenvalue weighted by Crippen LogP contribution is -2.54. The summed E-state index contributed by atoms with van der Waals surface area (Å²) in [4.78, 5) is 13.5. The number of aliphatic hydroxyl groups is 1. The van der Waals surface area contributed by atoms with E-state index in [1.54, 1.807) is 0 Å². The van der Waals surface area contributed by atoms with E-state index in [0.717, 1.165) is 0 Å². The number of hydrogen-bond acceptors (Lipinski definition) is 6. The minimum absolute atomic E-state index is 0.195. The first kappa shape index (κ1) is 11.2. The number of aliphatic hydroxyl groups excluding tert-OH is 1. The first-order valence-corrected chi connectivity index (χ1v) is 4.80. The molecule has 2 fully saturated rings. The van der Waals surface area contributed by atoms with Gasteiger partial charge >= 0.3 is 5.97 Å². The van der Waals surface area contributed by atoms with E-state index < -0.39 is 36.6 Å². The molecule has 0 aromatic heterocycles. The zero-order valence-electron chi connectivity index (χ0n) is 8.52. The van der Waals surface area contributed by atoms with E-state index in [9.17, 15) is 9.90 Å². The molecule has 2 bridgehead atoms. The van der Waals surface area contributed by atoms with Gasteiger partial charge in [-0.15, -0.1) is 0 Å². The van der Waals surface area contributed by atoms with Crippen LogP contribution in [0.5, 0.6) is 0 Å². The molecule has 0 aromatic carbocycles. The van der Waals surface area contributed by atoms with Crippen LogP contribution in [-0.2, 0) is 19.0 Å². The Morgan fingerprint density at radius 3 is 3.06 bits per heavy atom. The molecule has 2 rings (SSSR count). The van der Waals surface area contributed by atoms with Crippen LogP contribution in [0.2, 0.25) is 0 Å². The fourth-order valence-electron chi connectivity index (χ4n) is 1.88. The molecule has 0 saturated carbocycles. The molecule has 0 spiro atoms. The molecule has 2 unspecified atom stereocenters. The lowest BCUT2D eigenvalue weighted by molar-refractivity contribution is -0.196. The van der Waals surface area contributed by atoms with E-state index in [-0.39, 0.29) is 6.61 Å². The summed E-state index contributed by atoms with van der Waals surface area (Å²) >= 11 is 0. The van der Waals surface area contributed by atoms with Crippen LogP contribution in [0.3, 0.4) is 0 Å². The van der Waals surface area contributed by atoms with Gasteiger partial charge in [0.15, 0.2) is 6.29 Å². The van der Waals surface area contributed by atoms with Crippen LogP contribution in [0.4, 0.5) is 0 Å². The molecule has 2 aliphatic heterocycles. The summed E-state index contributed by atoms with van der Waals surface area (Å²) in [6.07, 6.45) is -3.26. The smallest absolute Gasteiger partial charge is 0.303 e. The average molecular weight is 229 g/mol. The summed E-state index contributed by atoms with van der Waals surface area (Å²) < 4.78 is 15.4. The van der Waals surface area contributed by atoms with Crippen LogP contribution < -0.4 is 0 Å². The van der Waals surface area contributed by atoms with E-state index in [2.05, 4.69) is 10.0 Å². The van der Waals surface area contributed by atoms with Crippen LogP contribution in [0, 0.1) is 0 Å². The minimum Gasteiger partial charge on any atom is -0.459 e. The van der Waals surface area contributed by atoms with Gasteiger partial charge < -0.3 is 19.3 Å². The van der Waals surface area contributed by atoms with Crippen LogP contribution in [0.25, 0.3) is 10.4 Å². The molecule has 5 atom stereocenters. The van der Waals surface area contributed by atoms with Gasteiger partial charge in [-0.2, -0.15) is 0 Å². The summed E-state index contributed by atoms with van der Waals surface area (Å²) in [6.45, 7) is 1.42. The van der Waals surface area contributed by atoms with Gasteiger partial charge in [-0.3, -0.25) is 4.79 Å². The standard InChI is InChI=1S/C8H11N3O5/c1-3(12)15-7-5(10-11-9)8-14-2-4(16-8)6(7)13/h4-8,13H,2H2,1H3/t4-,5+,6-,7?,8?/m1/s1. The molecule has 0 radical (unpaired) electrons. The van der Waals surface area contributed by atoms with E-state index in [0.29, 0.717) is 0 Å². The highest BCUT2D eigenvalue weighted by Crippen LogP contribution is 2.31. The number of azide groups is 1. The van der Waals surface area contributed by atoms with Crippen molar-refractivity contribution in [1.29, 1.82) is 0 Å². The van der Waals surface area contributed by atoms with Crippen molar-refractivity contribution in [2.24, 2.45) is 5.11 Å². The molecule has 8 heteroatoms. The third-order valence-electron chi connectivity index (χ3n) is 2.55. The highest BCUT2D eigenvalue weighted by molar-refractivity contribution is 5.66. The molecule has 2 heterocycles. The Balaban J connectivity index is 2.22. The molecule has 2 saturated heterocycles. The minimum atomic E-state index is -1.04. The number of carbonyl (C=O) groups is 1. The van der Waals surface area contributed by atoms with E-state index in [1.807, 2.05) is 0 Å². The molecule has 88 valence electrons. The number of nitrogens with zero attached hydrogens (tertiary/aromatic N) is 3. The summed E-state index contributed by atoms with van der Waals surface area (Å²) in [5, 5.41) is 13.3. The molecule has 16 heavy (non-hydrogen) atoms. The number of carbonyl (C=O) groups excluding carboxylic acids is 1. The summed E-state index contributed by atoms with van der Waals surface area (Å²) in [5.74, 6) is -0.552. The van der Waals surface area contributed by atoms with Crippen molar-refractivity contribution in [3.05, 3.63) is 10.4 Å². The largest absolute Gasteiger partial charge is 0.459 e. The predicted octanol–water partition coefficient (Wildman–Crippen LogP) is -0.287. The number of ether oxygens (including phenoxy) is 3. The molecule has 0 aromatic rings. The zero-order chi connectivity index (χ0) is 11.7. The average Bonchev–Trinajstić information content (AvgIpc) is 2.66. The molecular weight excluding hydrogens is 218 g/mol. The highest BCUT2D eigenvalue weighted by Gasteiger charge is 2.51. The fraction of sp³-hybridized carbons (Fsp3) is 0.875. The van der Waals surface area contributed by atoms with Crippen molar-refractivity contribution in [1.82, 2.24) is 0 Å². The second kappa shape index (κ2) is 4.26. The second-order valence-corrected chi connectivity index (χ2v) is 3.64. The molecular formula is C8H11N3O5. The van der Waals surface area contributed by atoms with Gasteiger partial charge in [0, 0.05) is 11.8 Å². The van der Waals surface area contributed by atoms with Gasteiger partial charge in [-0.1, -0.05) is 5.11 Å². The normalized spacial score (nSPS) is 41.2. The van der Waals surface area contributed by atoms with Crippen molar-refractivity contribution in [3.63, 3.8) is 0 Å². The van der Waals surface area contributed by atoms with Crippen molar-refractivity contribution >= 4 is 5.97 Å². The Morgan fingerprint density at radius 2 is 2.44 bits per heavy atom. The third-order valence-corrected chi connectivity index (χ3v) is 2.55. The molecule has 2 aliphatic rings. The number of esters is 1. The van der Waals surface area contributed by atoms with Crippen LogP contribution in [0.1, 0.15) is 6.92 Å². The van der Waals surface area contributed by atoms with Gasteiger partial charge in [0.1, 0.15) is 24.4 Å². The fourth-order valence-corrected chi connectivity index (χ4v) is 1.88. The number of hydrogen-bond donors (Lipinski definition) is 1. The SMILES string of the molecule is CC(=O)OC1[C@H](N=[N+]=[N-])C2OC[C@@H](O2)[C@H]1O. The molecule has 8 nitrogen and oxygen atoms in total. The van der Waals surface area contributed by atoms with Crippen LogP contribution in [-0.4, -0.2) is 48.3 Å². The molecule has 1 N–H and O–H groups in total. The quantitative estimate of drug-likeness (QED) is 0.302. The Hall–Kier alpha value is -1.34. The van der Waals surface area contributed by atoms with Crippen LogP contribution >= 0.6 is 0 Å². The van der Waals surface area contributed by atoms with Crippen molar-refractivity contribution in [2.45, 2.75) is 37.6 Å². The molecule has 0 amide bonds. The predicted molar refractivity (Wildman–Crippen MR) is 49.1 cm³/mol. The van der Waals surface area contributed by atoms with Crippen molar-refractivity contribution < 1.29 is 24.1 Å². The number of rotatable bonds is 2. The number of fused-ring (bicyclic) bond motifs is 2. The Morgan fingerprint density at radius 1 is 1.69 bits per heavy atom. The summed E-state index contributed by atoms with van der Waals surface area (Å²) in [7, 11) is 0. The topological polar surface area (TPSA) is 114 Å². The van der Waals surface area contributed by atoms with E-state index in [1.165, 1.54) is 6.92 Å². The summed E-state index contributed by atoms with van der Waals surface area (Å²) in [6, 6.07) is -0.859. The third kappa shape index (κ3) is 1.83. The first-order valence-electron chi connectivity index (χ1n) is 4.80. The second-order valence-electron chi connectivity index (χ2n) is 3.64. The lowest BCUT2D eigenvalue weighted by Gasteiger charge is -2.35. The van der Waals surface area contributed by atoms with Gasteiger partial charge in [0.05, 0.1) is 6.61 Å². The monoisotopic (exact) mass is 229 g/mol. The van der Waals surface area contributed by atoms with E-state index in [4.69, 9.17) is 19.7 Å². The van der Waals surface area contributed by atoms with Crippen molar-refractivity contribution in [2.75, 3.05) is 6.61 Å². The van der Waals surface area contributed by atoms with Crippen LogP contribution in [0.15, 0.2) is 5.11 Å². The maximum absolute atomic E-state index is 10.9. The van der Waals surface area contributed by atoms with Gasteiger partial charge in [-0.25, -0.2) is 0 Å². The Labute approximate surface area is 90.7 Å². The van der Waals surface area contributed by atoms with E-state index >= 15 is 0 Å². The lowest BCUT2D eigenvalue weighted by atomic mass is 9.99.